The Bertz CT molecular complexity index is 1010. The van der Waals surface area contributed by atoms with E-state index < -0.39 is 0 Å². The molecule has 0 saturated heterocycles. The van der Waals surface area contributed by atoms with Crippen LogP contribution in [0.3, 0.4) is 0 Å². The number of amides is 1. The number of furan rings is 1. The summed E-state index contributed by atoms with van der Waals surface area (Å²) in [6.45, 7) is 8.60. The summed E-state index contributed by atoms with van der Waals surface area (Å²) in [5, 5.41) is 3.97. The molecule has 4 nitrogen and oxygen atoms in total. The molecule has 0 aliphatic heterocycles. The van der Waals surface area contributed by atoms with E-state index in [-0.39, 0.29) is 5.91 Å². The molecule has 1 heterocycles. The Kier molecular flexibility index (Phi) is 6.76. The number of ether oxygens (including phenoxy) is 1. The SMILES string of the molecule is CCCCc1ccc(NC(=O)/C=C(\C)c2cc3c(C)coc3cc2OCC)cc1. The molecule has 0 fully saturated rings. The number of hydrogen-bond donors (Lipinski definition) is 1. The third-order valence-electron chi connectivity index (χ3n) is 4.98. The predicted molar refractivity (Wildman–Crippen MR) is 119 cm³/mol. The van der Waals surface area contributed by atoms with Crippen LogP contribution in [-0.4, -0.2) is 12.5 Å². The normalized spacial score (nSPS) is 11.7. The van der Waals surface area contributed by atoms with Gasteiger partial charge in [-0.2, -0.15) is 0 Å². The zero-order valence-electron chi connectivity index (χ0n) is 17.7. The van der Waals surface area contributed by atoms with E-state index >= 15 is 0 Å². The van der Waals surface area contributed by atoms with Gasteiger partial charge in [0.05, 0.1) is 12.9 Å². The molecule has 1 N–H and O–H groups in total. The lowest BCUT2D eigenvalue weighted by molar-refractivity contribution is -0.111. The van der Waals surface area contributed by atoms with Gasteiger partial charge in [-0.15, -0.1) is 0 Å². The highest BCUT2D eigenvalue weighted by molar-refractivity contribution is 6.04. The molecule has 0 radical (unpaired) electrons. The lowest BCUT2D eigenvalue weighted by Gasteiger charge is -2.11. The van der Waals surface area contributed by atoms with Gasteiger partial charge in [-0.05, 0) is 68.5 Å². The first-order chi connectivity index (χ1) is 14.0. The molecule has 0 atom stereocenters. The molecule has 1 aromatic heterocycles. The monoisotopic (exact) mass is 391 g/mol. The van der Waals surface area contributed by atoms with E-state index in [1.54, 1.807) is 12.3 Å². The highest BCUT2D eigenvalue weighted by Crippen LogP contribution is 2.33. The van der Waals surface area contributed by atoms with Crippen molar-refractivity contribution in [2.75, 3.05) is 11.9 Å². The van der Waals surface area contributed by atoms with Crippen molar-refractivity contribution in [3.8, 4) is 5.75 Å². The third kappa shape index (κ3) is 5.08. The van der Waals surface area contributed by atoms with Gasteiger partial charge in [-0.25, -0.2) is 0 Å². The number of allylic oxidation sites excluding steroid dienone is 1. The predicted octanol–water partition coefficient (Wildman–Crippen LogP) is 6.52. The molecule has 1 amide bonds. The minimum Gasteiger partial charge on any atom is -0.493 e. The van der Waals surface area contributed by atoms with Gasteiger partial charge >= 0.3 is 0 Å². The number of fused-ring (bicyclic) bond motifs is 1. The molecule has 3 aromatic rings. The van der Waals surface area contributed by atoms with Crippen molar-refractivity contribution in [2.45, 2.75) is 47.0 Å². The van der Waals surface area contributed by atoms with Crippen LogP contribution in [0, 0.1) is 6.92 Å². The van der Waals surface area contributed by atoms with Gasteiger partial charge in [0, 0.05) is 28.8 Å². The van der Waals surface area contributed by atoms with Gasteiger partial charge < -0.3 is 14.5 Å². The number of aryl methyl sites for hydroxylation is 2. The second-order valence-electron chi connectivity index (χ2n) is 7.31. The van der Waals surface area contributed by atoms with Gasteiger partial charge in [0.1, 0.15) is 11.3 Å². The molecular formula is C25H29NO3. The van der Waals surface area contributed by atoms with Gasteiger partial charge in [0.25, 0.3) is 0 Å². The average Bonchev–Trinajstić information content (AvgIpc) is 3.07. The first-order valence-corrected chi connectivity index (χ1v) is 10.2. The Labute approximate surface area is 172 Å². The van der Waals surface area contributed by atoms with Crippen LogP contribution in [-0.2, 0) is 11.2 Å². The maximum Gasteiger partial charge on any atom is 0.248 e. The standard InChI is InChI=1S/C25H29NO3/c1-5-7-8-19-9-11-20(12-10-19)26-25(27)13-17(3)21-14-22-18(4)16-29-24(22)15-23(21)28-6-2/h9-16H,5-8H2,1-4H3,(H,26,27)/b17-13+. The van der Waals surface area contributed by atoms with Gasteiger partial charge in [0.15, 0.2) is 0 Å². The number of anilines is 1. The average molecular weight is 392 g/mol. The third-order valence-corrected chi connectivity index (χ3v) is 4.98. The van der Waals surface area contributed by atoms with Crippen LogP contribution < -0.4 is 10.1 Å². The Morgan fingerprint density at radius 1 is 1.17 bits per heavy atom. The van der Waals surface area contributed by atoms with Crippen molar-refractivity contribution in [3.05, 3.63) is 65.4 Å². The second-order valence-corrected chi connectivity index (χ2v) is 7.31. The van der Waals surface area contributed by atoms with E-state index in [0.717, 1.165) is 45.5 Å². The van der Waals surface area contributed by atoms with Crippen LogP contribution >= 0.6 is 0 Å². The van der Waals surface area contributed by atoms with Crippen molar-refractivity contribution >= 4 is 28.1 Å². The number of unbranched alkanes of at least 4 members (excludes halogenated alkanes) is 1. The van der Waals surface area contributed by atoms with Crippen molar-refractivity contribution in [1.82, 2.24) is 0 Å². The first-order valence-electron chi connectivity index (χ1n) is 10.2. The number of benzene rings is 2. The summed E-state index contributed by atoms with van der Waals surface area (Å²) >= 11 is 0. The van der Waals surface area contributed by atoms with Crippen molar-refractivity contribution in [2.24, 2.45) is 0 Å². The Morgan fingerprint density at radius 2 is 1.93 bits per heavy atom. The molecule has 0 unspecified atom stereocenters. The van der Waals surface area contributed by atoms with E-state index in [1.165, 1.54) is 18.4 Å². The number of hydrogen-bond acceptors (Lipinski definition) is 3. The van der Waals surface area contributed by atoms with Crippen LogP contribution in [0.1, 0.15) is 50.3 Å². The molecule has 4 heteroatoms. The highest BCUT2D eigenvalue weighted by atomic mass is 16.5. The summed E-state index contributed by atoms with van der Waals surface area (Å²) in [5.74, 6) is 0.562. The fraction of sp³-hybridized carbons (Fsp3) is 0.320. The van der Waals surface area contributed by atoms with Crippen molar-refractivity contribution in [1.29, 1.82) is 0 Å². The van der Waals surface area contributed by atoms with Crippen LogP contribution in [0.4, 0.5) is 5.69 Å². The zero-order chi connectivity index (χ0) is 20.8. The highest BCUT2D eigenvalue weighted by Gasteiger charge is 2.13. The van der Waals surface area contributed by atoms with E-state index in [2.05, 4.69) is 24.4 Å². The summed E-state index contributed by atoms with van der Waals surface area (Å²) in [7, 11) is 0. The van der Waals surface area contributed by atoms with E-state index in [1.807, 2.05) is 45.0 Å². The Balaban J connectivity index is 1.79. The molecule has 0 spiro atoms. The summed E-state index contributed by atoms with van der Waals surface area (Å²) in [5.41, 5.74) is 5.67. The van der Waals surface area contributed by atoms with Crippen LogP contribution in [0.15, 0.2) is 53.2 Å². The number of rotatable bonds is 8. The van der Waals surface area contributed by atoms with E-state index in [0.29, 0.717) is 6.61 Å². The van der Waals surface area contributed by atoms with Crippen LogP contribution in [0.25, 0.3) is 16.5 Å². The molecule has 29 heavy (non-hydrogen) atoms. The number of carbonyl (C=O) groups excluding carboxylic acids is 1. The van der Waals surface area contributed by atoms with Gasteiger partial charge in [-0.3, -0.25) is 4.79 Å². The number of carbonyl (C=O) groups is 1. The zero-order valence-corrected chi connectivity index (χ0v) is 17.7. The smallest absolute Gasteiger partial charge is 0.248 e. The minimum absolute atomic E-state index is 0.157. The molecule has 3 rings (SSSR count). The Hall–Kier alpha value is -3.01. The fourth-order valence-electron chi connectivity index (χ4n) is 3.35. The van der Waals surface area contributed by atoms with Crippen molar-refractivity contribution < 1.29 is 13.9 Å². The summed E-state index contributed by atoms with van der Waals surface area (Å²) in [4.78, 5) is 12.6. The lowest BCUT2D eigenvalue weighted by Crippen LogP contribution is -2.08. The maximum absolute atomic E-state index is 12.6. The summed E-state index contributed by atoms with van der Waals surface area (Å²) in [6, 6.07) is 12.0. The number of nitrogens with one attached hydrogen (secondary N) is 1. The molecule has 0 aliphatic carbocycles. The molecule has 152 valence electrons. The summed E-state index contributed by atoms with van der Waals surface area (Å²) in [6.07, 6.45) is 6.77. The summed E-state index contributed by atoms with van der Waals surface area (Å²) < 4.78 is 11.4. The van der Waals surface area contributed by atoms with Crippen LogP contribution in [0.5, 0.6) is 5.75 Å². The topological polar surface area (TPSA) is 51.5 Å². The van der Waals surface area contributed by atoms with Gasteiger partial charge in [-0.1, -0.05) is 25.5 Å². The lowest BCUT2D eigenvalue weighted by atomic mass is 10.0. The second kappa shape index (κ2) is 9.46. The Morgan fingerprint density at radius 3 is 2.62 bits per heavy atom. The largest absolute Gasteiger partial charge is 0.493 e. The quantitative estimate of drug-likeness (QED) is 0.444. The van der Waals surface area contributed by atoms with E-state index in [4.69, 9.17) is 9.15 Å². The molecular weight excluding hydrogens is 362 g/mol. The molecule has 0 aliphatic rings. The van der Waals surface area contributed by atoms with Gasteiger partial charge in [0.2, 0.25) is 5.91 Å². The molecule has 0 saturated carbocycles. The van der Waals surface area contributed by atoms with Crippen molar-refractivity contribution in [3.63, 3.8) is 0 Å². The minimum atomic E-state index is -0.157. The maximum atomic E-state index is 12.6. The molecule has 0 bridgehead atoms. The van der Waals surface area contributed by atoms with Crippen LogP contribution in [0.2, 0.25) is 0 Å². The molecule has 2 aromatic carbocycles. The van der Waals surface area contributed by atoms with E-state index in [9.17, 15) is 4.79 Å². The fourth-order valence-corrected chi connectivity index (χ4v) is 3.35. The first kappa shape index (κ1) is 20.7.